The molecule has 0 aliphatic heterocycles. The molecule has 3 nitrogen and oxygen atoms in total. The van der Waals surface area contributed by atoms with Crippen molar-refractivity contribution in [3.63, 3.8) is 0 Å². The van der Waals surface area contributed by atoms with Crippen molar-refractivity contribution in [2.24, 2.45) is 0 Å². The first-order valence-electron chi connectivity index (χ1n) is 6.34. The van der Waals surface area contributed by atoms with E-state index in [0.717, 1.165) is 30.5 Å². The van der Waals surface area contributed by atoms with Crippen LogP contribution in [0.25, 0.3) is 0 Å². The molecule has 1 rings (SSSR count). The number of rotatable bonds is 6. The minimum absolute atomic E-state index is 0.0342. The second kappa shape index (κ2) is 7.88. The van der Waals surface area contributed by atoms with E-state index in [2.05, 4.69) is 27.8 Å². The van der Waals surface area contributed by atoms with Gasteiger partial charge in [0.15, 0.2) is 0 Å². The van der Waals surface area contributed by atoms with Gasteiger partial charge >= 0.3 is 0 Å². The van der Waals surface area contributed by atoms with Crippen LogP contribution in [0.2, 0.25) is 5.02 Å². The Kier molecular flexibility index (Phi) is 6.83. The molecular formula is C14H20BrClN2O. The molecule has 0 bridgehead atoms. The van der Waals surface area contributed by atoms with Gasteiger partial charge in [0.05, 0.1) is 0 Å². The average Bonchev–Trinajstić information content (AvgIpc) is 2.32. The molecule has 0 unspecified atom stereocenters. The van der Waals surface area contributed by atoms with Crippen LogP contribution in [0.5, 0.6) is 0 Å². The van der Waals surface area contributed by atoms with E-state index in [0.29, 0.717) is 10.6 Å². The lowest BCUT2D eigenvalue weighted by molar-refractivity contribution is 0.0745. The summed E-state index contributed by atoms with van der Waals surface area (Å²) in [5.41, 5.74) is 0.631. The topological polar surface area (TPSA) is 23.6 Å². The maximum absolute atomic E-state index is 12.5. The van der Waals surface area contributed by atoms with E-state index in [1.165, 1.54) is 0 Å². The van der Waals surface area contributed by atoms with Crippen LogP contribution in [-0.2, 0) is 0 Å². The number of hydrogen-bond donors (Lipinski definition) is 0. The van der Waals surface area contributed by atoms with Crippen molar-refractivity contribution in [1.82, 2.24) is 9.80 Å². The first-order valence-corrected chi connectivity index (χ1v) is 7.51. The summed E-state index contributed by atoms with van der Waals surface area (Å²) in [6.07, 6.45) is 0.945. The molecule has 0 atom stereocenters. The number of likely N-dealkylation sites (N-methyl/N-ethyl adjacent to an activating group) is 1. The van der Waals surface area contributed by atoms with Gasteiger partial charge in [-0.15, -0.1) is 0 Å². The first kappa shape index (κ1) is 16.5. The van der Waals surface area contributed by atoms with Crippen molar-refractivity contribution in [2.45, 2.75) is 13.3 Å². The summed E-state index contributed by atoms with van der Waals surface area (Å²) in [4.78, 5) is 16.4. The van der Waals surface area contributed by atoms with Crippen LogP contribution in [-0.4, -0.2) is 49.4 Å². The van der Waals surface area contributed by atoms with Crippen LogP contribution < -0.4 is 0 Å². The van der Waals surface area contributed by atoms with Crippen LogP contribution in [0.4, 0.5) is 0 Å². The molecule has 1 aromatic carbocycles. The minimum atomic E-state index is 0.0342. The fourth-order valence-electron chi connectivity index (χ4n) is 1.77. The number of hydrogen-bond acceptors (Lipinski definition) is 2. The Morgan fingerprint density at radius 2 is 1.89 bits per heavy atom. The third-order valence-electron chi connectivity index (χ3n) is 2.71. The predicted molar refractivity (Wildman–Crippen MR) is 83.9 cm³/mol. The molecule has 19 heavy (non-hydrogen) atoms. The van der Waals surface area contributed by atoms with Gasteiger partial charge in [0.25, 0.3) is 5.91 Å². The van der Waals surface area contributed by atoms with Gasteiger partial charge in [0, 0.05) is 34.7 Å². The molecule has 0 saturated heterocycles. The van der Waals surface area contributed by atoms with E-state index in [9.17, 15) is 4.79 Å². The van der Waals surface area contributed by atoms with E-state index >= 15 is 0 Å². The fourth-order valence-corrected chi connectivity index (χ4v) is 2.63. The first-order chi connectivity index (χ1) is 8.93. The summed E-state index contributed by atoms with van der Waals surface area (Å²) in [6, 6.07) is 5.31. The predicted octanol–water partition coefficient (Wildman–Crippen LogP) is 3.52. The van der Waals surface area contributed by atoms with Gasteiger partial charge in [0.1, 0.15) is 0 Å². The number of nitrogens with zero attached hydrogens (tertiary/aromatic N) is 2. The number of amides is 1. The molecule has 0 saturated carbocycles. The van der Waals surface area contributed by atoms with Gasteiger partial charge in [-0.25, -0.2) is 0 Å². The van der Waals surface area contributed by atoms with Gasteiger partial charge < -0.3 is 9.80 Å². The molecule has 0 aromatic heterocycles. The number of carbonyl (C=O) groups is 1. The van der Waals surface area contributed by atoms with Crippen molar-refractivity contribution in [2.75, 3.05) is 33.7 Å². The largest absolute Gasteiger partial charge is 0.337 e. The summed E-state index contributed by atoms with van der Waals surface area (Å²) in [5.74, 6) is 0.0342. The van der Waals surface area contributed by atoms with Gasteiger partial charge in [-0.1, -0.05) is 34.5 Å². The van der Waals surface area contributed by atoms with Gasteiger partial charge in [-0.05, 0) is 38.7 Å². The lowest BCUT2D eigenvalue weighted by Gasteiger charge is -2.24. The normalized spacial score (nSPS) is 10.8. The van der Waals surface area contributed by atoms with E-state index in [1.54, 1.807) is 12.1 Å². The summed E-state index contributed by atoms with van der Waals surface area (Å²) < 4.78 is 0.826. The van der Waals surface area contributed by atoms with Gasteiger partial charge in [-0.3, -0.25) is 4.79 Å². The van der Waals surface area contributed by atoms with Gasteiger partial charge in [-0.2, -0.15) is 0 Å². The minimum Gasteiger partial charge on any atom is -0.337 e. The molecule has 106 valence electrons. The Balaban J connectivity index is 2.85. The van der Waals surface area contributed by atoms with Crippen molar-refractivity contribution in [3.8, 4) is 0 Å². The van der Waals surface area contributed by atoms with Crippen LogP contribution in [0.15, 0.2) is 22.7 Å². The van der Waals surface area contributed by atoms with E-state index in [4.69, 9.17) is 11.6 Å². The quantitative estimate of drug-likeness (QED) is 0.786. The van der Waals surface area contributed by atoms with E-state index < -0.39 is 0 Å². The monoisotopic (exact) mass is 346 g/mol. The molecule has 0 radical (unpaired) electrons. The summed E-state index contributed by atoms with van der Waals surface area (Å²) in [5, 5.41) is 0.571. The second-order valence-electron chi connectivity index (χ2n) is 4.75. The highest BCUT2D eigenvalue weighted by molar-refractivity contribution is 9.10. The fraction of sp³-hybridized carbons (Fsp3) is 0.500. The SMILES string of the molecule is CCCN(CCN(C)C)C(=O)c1cc(Cl)cc(Br)c1. The third-order valence-corrected chi connectivity index (χ3v) is 3.38. The highest BCUT2D eigenvalue weighted by Crippen LogP contribution is 2.20. The van der Waals surface area contributed by atoms with Gasteiger partial charge in [0.2, 0.25) is 0 Å². The maximum Gasteiger partial charge on any atom is 0.253 e. The maximum atomic E-state index is 12.5. The Morgan fingerprint density at radius 3 is 2.42 bits per heavy atom. The zero-order valence-corrected chi connectivity index (χ0v) is 14.0. The zero-order chi connectivity index (χ0) is 14.4. The average molecular weight is 348 g/mol. The number of benzene rings is 1. The molecule has 0 aliphatic carbocycles. The van der Waals surface area contributed by atoms with Crippen molar-refractivity contribution < 1.29 is 4.79 Å². The lowest BCUT2D eigenvalue weighted by Crippen LogP contribution is -2.37. The molecule has 1 amide bonds. The summed E-state index contributed by atoms with van der Waals surface area (Å²) in [6.45, 7) is 4.41. The Hall–Kier alpha value is -0.580. The van der Waals surface area contributed by atoms with Crippen LogP contribution in [0, 0.1) is 0 Å². The molecule has 1 aromatic rings. The number of halogens is 2. The summed E-state index contributed by atoms with van der Waals surface area (Å²) >= 11 is 9.36. The summed E-state index contributed by atoms with van der Waals surface area (Å²) in [7, 11) is 4.01. The molecule has 0 fully saturated rings. The Bertz CT molecular complexity index is 417. The highest BCUT2D eigenvalue weighted by Gasteiger charge is 2.16. The van der Waals surface area contributed by atoms with Crippen LogP contribution >= 0.6 is 27.5 Å². The van der Waals surface area contributed by atoms with Crippen molar-refractivity contribution >= 4 is 33.4 Å². The Labute approximate surface area is 128 Å². The van der Waals surface area contributed by atoms with Crippen LogP contribution in [0.1, 0.15) is 23.7 Å². The highest BCUT2D eigenvalue weighted by atomic mass is 79.9. The number of carbonyl (C=O) groups excluding carboxylic acids is 1. The molecule has 5 heteroatoms. The second-order valence-corrected chi connectivity index (χ2v) is 6.11. The van der Waals surface area contributed by atoms with Crippen molar-refractivity contribution in [3.05, 3.63) is 33.3 Å². The van der Waals surface area contributed by atoms with Crippen molar-refractivity contribution in [1.29, 1.82) is 0 Å². The smallest absolute Gasteiger partial charge is 0.253 e. The van der Waals surface area contributed by atoms with E-state index in [-0.39, 0.29) is 5.91 Å². The lowest BCUT2D eigenvalue weighted by atomic mass is 10.2. The molecular weight excluding hydrogens is 328 g/mol. The standard InChI is InChI=1S/C14H20BrClN2O/c1-4-5-18(7-6-17(2)3)14(19)11-8-12(15)10-13(16)9-11/h8-10H,4-7H2,1-3H3. The molecule has 0 spiro atoms. The van der Waals surface area contributed by atoms with E-state index in [1.807, 2.05) is 25.1 Å². The molecule has 0 aliphatic rings. The third kappa shape index (κ3) is 5.51. The zero-order valence-electron chi connectivity index (χ0n) is 11.6. The Morgan fingerprint density at radius 1 is 1.21 bits per heavy atom. The van der Waals surface area contributed by atoms with Crippen LogP contribution in [0.3, 0.4) is 0 Å². The molecule has 0 N–H and O–H groups in total. The molecule has 0 heterocycles.